The quantitative estimate of drug-likeness (QED) is 0.814. The van der Waals surface area contributed by atoms with Gasteiger partial charge in [0.2, 0.25) is 5.91 Å². The van der Waals surface area contributed by atoms with Gasteiger partial charge in [-0.25, -0.2) is 0 Å². The molecule has 0 unspecified atom stereocenters. The van der Waals surface area contributed by atoms with E-state index in [1.165, 1.54) is 25.7 Å². The van der Waals surface area contributed by atoms with Crippen molar-refractivity contribution in [2.75, 3.05) is 12.3 Å². The van der Waals surface area contributed by atoms with Gasteiger partial charge in [-0.1, -0.05) is 32.0 Å². The molecule has 1 amide bonds. The predicted octanol–water partition coefficient (Wildman–Crippen LogP) is 3.53. The van der Waals surface area contributed by atoms with Crippen LogP contribution in [0.3, 0.4) is 0 Å². The number of benzene rings is 1. The number of carbonyl (C=O) groups excluding carboxylic acids is 1. The Morgan fingerprint density at radius 3 is 2.62 bits per heavy atom. The predicted molar refractivity (Wildman–Crippen MR) is 87.9 cm³/mol. The van der Waals surface area contributed by atoms with Gasteiger partial charge in [-0.3, -0.25) is 4.79 Å². The van der Waals surface area contributed by atoms with E-state index in [0.29, 0.717) is 17.8 Å². The van der Waals surface area contributed by atoms with Crippen LogP contribution in [0.15, 0.2) is 24.3 Å². The van der Waals surface area contributed by atoms with Gasteiger partial charge in [0.1, 0.15) is 0 Å². The summed E-state index contributed by atoms with van der Waals surface area (Å²) in [4.78, 5) is 11.9. The molecule has 3 N–H and O–H groups in total. The lowest BCUT2D eigenvalue weighted by molar-refractivity contribution is -0.121. The summed E-state index contributed by atoms with van der Waals surface area (Å²) in [6.07, 6.45) is 6.25. The lowest BCUT2D eigenvalue weighted by Gasteiger charge is -2.34. The van der Waals surface area contributed by atoms with Crippen molar-refractivity contribution < 1.29 is 4.79 Å². The molecule has 0 radical (unpaired) electrons. The SMILES string of the molecule is CC1(C)CCC(CNC(=O)CCc2ccccc2N)CC1. The highest BCUT2D eigenvalue weighted by Crippen LogP contribution is 2.37. The van der Waals surface area contributed by atoms with Crippen LogP contribution < -0.4 is 11.1 Å². The van der Waals surface area contributed by atoms with Gasteiger partial charge >= 0.3 is 0 Å². The zero-order valence-electron chi connectivity index (χ0n) is 13.3. The minimum atomic E-state index is 0.142. The average molecular weight is 288 g/mol. The summed E-state index contributed by atoms with van der Waals surface area (Å²) in [5, 5.41) is 3.09. The summed E-state index contributed by atoms with van der Waals surface area (Å²) in [5.41, 5.74) is 8.22. The molecule has 1 aromatic rings. The number of nitrogens with two attached hydrogens (primary N) is 1. The van der Waals surface area contributed by atoms with E-state index in [1.54, 1.807) is 0 Å². The third-order valence-electron chi connectivity index (χ3n) is 4.72. The van der Waals surface area contributed by atoms with Gasteiger partial charge in [0.25, 0.3) is 0 Å². The van der Waals surface area contributed by atoms with Crippen molar-refractivity contribution >= 4 is 11.6 Å². The first-order chi connectivity index (χ1) is 9.96. The second-order valence-electron chi connectivity index (χ2n) is 7.11. The van der Waals surface area contributed by atoms with Crippen molar-refractivity contribution in [3.8, 4) is 0 Å². The van der Waals surface area contributed by atoms with Crippen LogP contribution in [-0.2, 0) is 11.2 Å². The summed E-state index contributed by atoms with van der Waals surface area (Å²) < 4.78 is 0. The van der Waals surface area contributed by atoms with E-state index < -0.39 is 0 Å². The highest BCUT2D eigenvalue weighted by atomic mass is 16.1. The molecule has 21 heavy (non-hydrogen) atoms. The van der Waals surface area contributed by atoms with Gasteiger partial charge in [-0.2, -0.15) is 0 Å². The van der Waals surface area contributed by atoms with Gasteiger partial charge in [0.05, 0.1) is 0 Å². The first kappa shape index (κ1) is 15.9. The van der Waals surface area contributed by atoms with Crippen LogP contribution in [0.2, 0.25) is 0 Å². The van der Waals surface area contributed by atoms with E-state index in [-0.39, 0.29) is 5.91 Å². The van der Waals surface area contributed by atoms with Gasteiger partial charge in [-0.05, 0) is 55.1 Å². The Balaban J connectivity index is 1.68. The van der Waals surface area contributed by atoms with E-state index >= 15 is 0 Å². The van der Waals surface area contributed by atoms with Crippen LogP contribution in [0.25, 0.3) is 0 Å². The molecular formula is C18H28N2O. The molecule has 1 fully saturated rings. The van der Waals surface area contributed by atoms with Crippen LogP contribution in [0.4, 0.5) is 5.69 Å². The molecule has 1 aliphatic rings. The molecule has 0 spiro atoms. The summed E-state index contributed by atoms with van der Waals surface area (Å²) in [6, 6.07) is 7.76. The molecule has 1 aliphatic carbocycles. The zero-order chi connectivity index (χ0) is 15.3. The Hall–Kier alpha value is -1.51. The number of carbonyl (C=O) groups is 1. The number of para-hydroxylation sites is 1. The summed E-state index contributed by atoms with van der Waals surface area (Å²) in [6.45, 7) is 5.51. The third kappa shape index (κ3) is 5.07. The molecule has 3 nitrogen and oxygen atoms in total. The van der Waals surface area contributed by atoms with E-state index in [1.807, 2.05) is 24.3 Å². The smallest absolute Gasteiger partial charge is 0.220 e. The van der Waals surface area contributed by atoms with Crippen molar-refractivity contribution in [2.24, 2.45) is 11.3 Å². The second-order valence-corrected chi connectivity index (χ2v) is 7.11. The molecule has 2 rings (SSSR count). The van der Waals surface area contributed by atoms with Crippen molar-refractivity contribution in [1.82, 2.24) is 5.32 Å². The lowest BCUT2D eigenvalue weighted by Crippen LogP contribution is -2.32. The first-order valence-corrected chi connectivity index (χ1v) is 8.06. The number of nitrogen functional groups attached to an aromatic ring is 1. The Labute approximate surface area is 128 Å². The zero-order valence-corrected chi connectivity index (χ0v) is 13.3. The molecule has 0 saturated heterocycles. The Kier molecular flexibility index (Phi) is 5.27. The maximum atomic E-state index is 11.9. The number of rotatable bonds is 5. The minimum Gasteiger partial charge on any atom is -0.399 e. The van der Waals surface area contributed by atoms with Crippen LogP contribution in [0, 0.1) is 11.3 Å². The fourth-order valence-corrected chi connectivity index (χ4v) is 3.02. The van der Waals surface area contributed by atoms with E-state index in [0.717, 1.165) is 24.2 Å². The molecule has 1 saturated carbocycles. The number of nitrogens with one attached hydrogen (secondary N) is 1. The van der Waals surface area contributed by atoms with Gasteiger partial charge in [0, 0.05) is 18.7 Å². The van der Waals surface area contributed by atoms with Gasteiger partial charge in [-0.15, -0.1) is 0 Å². The molecule has 116 valence electrons. The van der Waals surface area contributed by atoms with Crippen LogP contribution in [-0.4, -0.2) is 12.5 Å². The molecule has 3 heteroatoms. The van der Waals surface area contributed by atoms with E-state index in [2.05, 4.69) is 19.2 Å². The fourth-order valence-electron chi connectivity index (χ4n) is 3.02. The lowest BCUT2D eigenvalue weighted by atomic mass is 9.73. The molecular weight excluding hydrogens is 260 g/mol. The molecule has 0 aliphatic heterocycles. The molecule has 1 aromatic carbocycles. The van der Waals surface area contributed by atoms with E-state index in [9.17, 15) is 4.79 Å². The fraction of sp³-hybridized carbons (Fsp3) is 0.611. The third-order valence-corrected chi connectivity index (χ3v) is 4.72. The number of anilines is 1. The number of aryl methyl sites for hydroxylation is 1. The maximum Gasteiger partial charge on any atom is 0.220 e. The van der Waals surface area contributed by atoms with Gasteiger partial charge in [0.15, 0.2) is 0 Å². The largest absolute Gasteiger partial charge is 0.399 e. The summed E-state index contributed by atoms with van der Waals surface area (Å²) in [5.74, 6) is 0.798. The topological polar surface area (TPSA) is 55.1 Å². The Morgan fingerprint density at radius 2 is 1.95 bits per heavy atom. The first-order valence-electron chi connectivity index (χ1n) is 8.06. The number of hydrogen-bond donors (Lipinski definition) is 2. The van der Waals surface area contributed by atoms with Crippen LogP contribution in [0.5, 0.6) is 0 Å². The van der Waals surface area contributed by atoms with Crippen LogP contribution >= 0.6 is 0 Å². The van der Waals surface area contributed by atoms with E-state index in [4.69, 9.17) is 5.73 Å². The highest BCUT2D eigenvalue weighted by molar-refractivity contribution is 5.76. The summed E-state index contributed by atoms with van der Waals surface area (Å²) >= 11 is 0. The number of amides is 1. The Bertz CT molecular complexity index is 472. The van der Waals surface area contributed by atoms with Crippen molar-refractivity contribution in [3.63, 3.8) is 0 Å². The molecule has 0 bridgehead atoms. The van der Waals surface area contributed by atoms with Crippen molar-refractivity contribution in [1.29, 1.82) is 0 Å². The van der Waals surface area contributed by atoms with Crippen molar-refractivity contribution in [3.05, 3.63) is 29.8 Å². The second kappa shape index (κ2) is 6.97. The highest BCUT2D eigenvalue weighted by Gasteiger charge is 2.26. The van der Waals surface area contributed by atoms with Crippen molar-refractivity contribution in [2.45, 2.75) is 52.4 Å². The number of hydrogen-bond acceptors (Lipinski definition) is 2. The maximum absolute atomic E-state index is 11.9. The molecule has 0 atom stereocenters. The molecule has 0 heterocycles. The monoisotopic (exact) mass is 288 g/mol. The minimum absolute atomic E-state index is 0.142. The summed E-state index contributed by atoms with van der Waals surface area (Å²) in [7, 11) is 0. The standard InChI is InChI=1S/C18H28N2O/c1-18(2)11-9-14(10-12-18)13-20-17(21)8-7-15-5-3-4-6-16(15)19/h3-6,14H,7-13,19H2,1-2H3,(H,20,21). The normalized spacial score (nSPS) is 18.4. The average Bonchev–Trinajstić information content (AvgIpc) is 2.45. The Morgan fingerprint density at radius 1 is 1.29 bits per heavy atom. The van der Waals surface area contributed by atoms with Gasteiger partial charge < -0.3 is 11.1 Å². The molecule has 0 aromatic heterocycles. The van der Waals surface area contributed by atoms with Crippen LogP contribution in [0.1, 0.15) is 51.5 Å².